The summed E-state index contributed by atoms with van der Waals surface area (Å²) < 4.78 is 33.4. The second-order valence-electron chi connectivity index (χ2n) is 7.01. The molecule has 1 aliphatic carbocycles. The summed E-state index contributed by atoms with van der Waals surface area (Å²) in [4.78, 5) is 0.397. The van der Waals surface area contributed by atoms with Gasteiger partial charge in [0.25, 0.3) is 0 Å². The van der Waals surface area contributed by atoms with Crippen LogP contribution in [0.2, 0.25) is 0 Å². The van der Waals surface area contributed by atoms with Gasteiger partial charge < -0.3 is 4.74 Å². The smallest absolute Gasteiger partial charge is 0.243 e. The normalized spacial score (nSPS) is 28.4. The average Bonchev–Trinajstić information content (AvgIpc) is 3.35. The van der Waals surface area contributed by atoms with Crippen molar-refractivity contribution in [1.29, 1.82) is 0 Å². The number of hydrogen-bond donors (Lipinski definition) is 0. The molecule has 25 heavy (non-hydrogen) atoms. The van der Waals surface area contributed by atoms with Gasteiger partial charge in [-0.3, -0.25) is 0 Å². The van der Waals surface area contributed by atoms with Crippen LogP contribution in [-0.4, -0.2) is 30.9 Å². The van der Waals surface area contributed by atoms with Gasteiger partial charge in [0.2, 0.25) is 10.0 Å². The minimum atomic E-state index is -3.38. The van der Waals surface area contributed by atoms with Gasteiger partial charge >= 0.3 is 0 Å². The van der Waals surface area contributed by atoms with E-state index in [2.05, 4.69) is 12.1 Å². The van der Waals surface area contributed by atoms with Crippen molar-refractivity contribution >= 4 is 10.0 Å². The van der Waals surface area contributed by atoms with Crippen LogP contribution in [0.25, 0.3) is 0 Å². The quantitative estimate of drug-likeness (QED) is 0.770. The Morgan fingerprint density at radius 1 is 1.00 bits per heavy atom. The Bertz CT molecular complexity index is 833. The van der Waals surface area contributed by atoms with E-state index in [1.807, 2.05) is 37.3 Å². The van der Waals surface area contributed by atoms with E-state index in [0.717, 1.165) is 30.4 Å². The molecule has 0 N–H and O–H groups in total. The summed E-state index contributed by atoms with van der Waals surface area (Å²) in [5, 5.41) is 0. The van der Waals surface area contributed by atoms with Crippen LogP contribution >= 0.6 is 0 Å². The zero-order chi connectivity index (χ0) is 17.4. The van der Waals surface area contributed by atoms with Crippen LogP contribution in [0.1, 0.15) is 30.4 Å². The molecule has 0 aromatic heterocycles. The number of rotatable bonds is 5. The standard InChI is InChI=1S/C20H23NO3S/c1-15-7-10-18(11-8-15)25(22,23)21-19-12-9-17(13-20(19)21)24-14-16-5-3-2-4-6-16/h2-8,10-11,17,19-20H,9,12-14H2,1H3/t17-,19+,20-,21?/m0/s1. The first-order valence-electron chi connectivity index (χ1n) is 8.81. The molecular weight excluding hydrogens is 334 g/mol. The lowest BCUT2D eigenvalue weighted by atomic mass is 9.98. The SMILES string of the molecule is Cc1ccc(S(=O)(=O)N2[C@@H]3CC[C@H](OCc4ccccc4)C[C@@H]32)cc1. The third-order valence-electron chi connectivity index (χ3n) is 5.22. The predicted octanol–water partition coefficient (Wildman–Crippen LogP) is 3.51. The van der Waals surface area contributed by atoms with Crippen molar-refractivity contribution in [3.63, 3.8) is 0 Å². The summed E-state index contributed by atoms with van der Waals surface area (Å²) in [5.74, 6) is 0. The van der Waals surface area contributed by atoms with Gasteiger partial charge in [-0.2, -0.15) is 4.31 Å². The summed E-state index contributed by atoms with van der Waals surface area (Å²) in [5.41, 5.74) is 2.22. The fourth-order valence-corrected chi connectivity index (χ4v) is 5.62. The van der Waals surface area contributed by atoms with Crippen molar-refractivity contribution in [2.24, 2.45) is 0 Å². The van der Waals surface area contributed by atoms with E-state index in [1.54, 1.807) is 16.4 Å². The lowest BCUT2D eigenvalue weighted by Gasteiger charge is -2.20. The Morgan fingerprint density at radius 3 is 2.44 bits per heavy atom. The van der Waals surface area contributed by atoms with Crippen molar-refractivity contribution in [3.05, 3.63) is 65.7 Å². The molecule has 1 unspecified atom stereocenters. The highest BCUT2D eigenvalue weighted by Gasteiger charge is 2.57. The van der Waals surface area contributed by atoms with Crippen LogP contribution in [-0.2, 0) is 21.4 Å². The van der Waals surface area contributed by atoms with Crippen LogP contribution in [0.3, 0.4) is 0 Å². The van der Waals surface area contributed by atoms with Crippen molar-refractivity contribution in [3.8, 4) is 0 Å². The lowest BCUT2D eigenvalue weighted by Crippen LogP contribution is -2.21. The Labute approximate surface area is 149 Å². The maximum atomic E-state index is 12.8. The van der Waals surface area contributed by atoms with E-state index in [4.69, 9.17) is 4.74 Å². The van der Waals surface area contributed by atoms with Crippen molar-refractivity contribution in [2.75, 3.05) is 0 Å². The molecule has 0 bridgehead atoms. The fourth-order valence-electron chi connectivity index (χ4n) is 3.76. The van der Waals surface area contributed by atoms with Gasteiger partial charge in [-0.05, 0) is 43.9 Å². The second kappa shape index (κ2) is 6.56. The monoisotopic (exact) mass is 357 g/mol. The van der Waals surface area contributed by atoms with E-state index < -0.39 is 10.0 Å². The maximum Gasteiger partial charge on any atom is 0.243 e. The molecule has 5 heteroatoms. The summed E-state index contributed by atoms with van der Waals surface area (Å²) in [6, 6.07) is 17.5. The molecule has 1 aliphatic heterocycles. The minimum Gasteiger partial charge on any atom is -0.373 e. The molecule has 4 atom stereocenters. The zero-order valence-electron chi connectivity index (χ0n) is 14.3. The Balaban J connectivity index is 1.39. The number of ether oxygens (including phenoxy) is 1. The Kier molecular flexibility index (Phi) is 4.40. The van der Waals surface area contributed by atoms with E-state index in [0.29, 0.717) is 11.5 Å². The molecule has 0 amide bonds. The van der Waals surface area contributed by atoms with Crippen LogP contribution in [0.5, 0.6) is 0 Å². The molecule has 2 aromatic rings. The minimum absolute atomic E-state index is 0.0980. The van der Waals surface area contributed by atoms with E-state index in [-0.39, 0.29) is 18.2 Å². The highest BCUT2D eigenvalue weighted by atomic mass is 32.2. The summed E-state index contributed by atoms with van der Waals surface area (Å²) >= 11 is 0. The first kappa shape index (κ1) is 16.8. The molecule has 2 aromatic carbocycles. The molecule has 0 spiro atoms. The molecular formula is C20H23NO3S. The number of hydrogen-bond acceptors (Lipinski definition) is 3. The lowest BCUT2D eigenvalue weighted by molar-refractivity contribution is 0.0221. The maximum absolute atomic E-state index is 12.8. The third-order valence-corrected chi connectivity index (χ3v) is 7.19. The van der Waals surface area contributed by atoms with Crippen molar-refractivity contribution in [2.45, 2.75) is 55.9 Å². The Morgan fingerprint density at radius 2 is 1.72 bits per heavy atom. The van der Waals surface area contributed by atoms with Crippen LogP contribution in [0.15, 0.2) is 59.5 Å². The summed E-state index contributed by atoms with van der Waals surface area (Å²) in [7, 11) is -3.38. The summed E-state index contributed by atoms with van der Waals surface area (Å²) in [6.45, 7) is 2.55. The van der Waals surface area contributed by atoms with Crippen molar-refractivity contribution in [1.82, 2.24) is 4.31 Å². The molecule has 2 aliphatic rings. The third kappa shape index (κ3) is 3.36. The average molecular weight is 357 g/mol. The van der Waals surface area contributed by atoms with Gasteiger partial charge in [0.1, 0.15) is 0 Å². The topological polar surface area (TPSA) is 46.4 Å². The molecule has 0 radical (unpaired) electrons. The fraction of sp³-hybridized carbons (Fsp3) is 0.400. The van der Waals surface area contributed by atoms with Gasteiger partial charge in [0.05, 0.1) is 17.6 Å². The first-order valence-corrected chi connectivity index (χ1v) is 10.3. The Hall–Kier alpha value is -1.69. The van der Waals surface area contributed by atoms with Gasteiger partial charge in [0.15, 0.2) is 0 Å². The van der Waals surface area contributed by atoms with Crippen LogP contribution in [0, 0.1) is 6.92 Å². The molecule has 4 nitrogen and oxygen atoms in total. The molecule has 2 fully saturated rings. The van der Waals surface area contributed by atoms with E-state index in [9.17, 15) is 8.42 Å². The number of nitrogens with zero attached hydrogens (tertiary/aromatic N) is 1. The predicted molar refractivity (Wildman–Crippen MR) is 96.6 cm³/mol. The number of benzene rings is 2. The first-order chi connectivity index (χ1) is 12.1. The highest BCUT2D eigenvalue weighted by molar-refractivity contribution is 7.89. The largest absolute Gasteiger partial charge is 0.373 e. The van der Waals surface area contributed by atoms with Crippen LogP contribution < -0.4 is 0 Å². The highest BCUT2D eigenvalue weighted by Crippen LogP contribution is 2.45. The molecule has 1 saturated heterocycles. The zero-order valence-corrected chi connectivity index (χ0v) is 15.2. The van der Waals surface area contributed by atoms with E-state index in [1.165, 1.54) is 0 Å². The van der Waals surface area contributed by atoms with Gasteiger partial charge in [-0.1, -0.05) is 48.0 Å². The number of fused-ring (bicyclic) bond motifs is 1. The number of sulfonamides is 1. The van der Waals surface area contributed by atoms with Crippen molar-refractivity contribution < 1.29 is 13.2 Å². The molecule has 1 saturated carbocycles. The summed E-state index contributed by atoms with van der Waals surface area (Å²) in [6.07, 6.45) is 2.74. The molecule has 132 valence electrons. The molecule has 1 heterocycles. The van der Waals surface area contributed by atoms with E-state index >= 15 is 0 Å². The van der Waals surface area contributed by atoms with Gasteiger partial charge in [0, 0.05) is 12.1 Å². The molecule has 4 rings (SSSR count). The van der Waals surface area contributed by atoms with Crippen LogP contribution in [0.4, 0.5) is 0 Å². The van der Waals surface area contributed by atoms with Gasteiger partial charge in [-0.25, -0.2) is 8.42 Å². The second-order valence-corrected chi connectivity index (χ2v) is 8.86. The number of aryl methyl sites for hydroxylation is 1. The van der Waals surface area contributed by atoms with Gasteiger partial charge in [-0.15, -0.1) is 0 Å².